The number of aromatic nitrogens is 2. The summed E-state index contributed by atoms with van der Waals surface area (Å²) in [6, 6.07) is 0. The average molecular weight is 246 g/mol. The number of sulfonamides is 1. The van der Waals surface area contributed by atoms with Gasteiger partial charge in [-0.05, 0) is 12.8 Å². The Labute approximate surface area is 93.8 Å². The van der Waals surface area contributed by atoms with Crippen molar-refractivity contribution in [3.05, 3.63) is 6.33 Å². The zero-order chi connectivity index (χ0) is 11.8. The molecule has 0 radical (unpaired) electrons. The number of rotatable bonds is 2. The molecule has 0 saturated carbocycles. The molecule has 0 amide bonds. The molecule has 1 aromatic heterocycles. The van der Waals surface area contributed by atoms with Crippen molar-refractivity contribution in [2.75, 3.05) is 18.9 Å². The van der Waals surface area contributed by atoms with Crippen LogP contribution >= 0.6 is 0 Å². The highest BCUT2D eigenvalue weighted by atomic mass is 32.2. The van der Waals surface area contributed by atoms with E-state index in [4.69, 9.17) is 10.6 Å². The number of imidazole rings is 1. The van der Waals surface area contributed by atoms with Gasteiger partial charge < -0.3 is 10.3 Å². The lowest BCUT2D eigenvalue weighted by Crippen LogP contribution is -2.36. The van der Waals surface area contributed by atoms with Gasteiger partial charge in [-0.15, -0.1) is 0 Å². The summed E-state index contributed by atoms with van der Waals surface area (Å²) in [6.45, 7) is 0.768. The molecular formula is C8H14N4O3S. The maximum absolute atomic E-state index is 12.2. The van der Waals surface area contributed by atoms with Crippen LogP contribution in [-0.2, 0) is 21.9 Å². The molecule has 1 aliphatic rings. The van der Waals surface area contributed by atoms with E-state index in [1.807, 2.05) is 0 Å². The minimum absolute atomic E-state index is 0.00308. The van der Waals surface area contributed by atoms with E-state index in [0.717, 1.165) is 17.3 Å². The minimum Gasteiger partial charge on any atom is -0.381 e. The van der Waals surface area contributed by atoms with E-state index < -0.39 is 10.0 Å². The van der Waals surface area contributed by atoms with Crippen LogP contribution in [0.15, 0.2) is 11.4 Å². The predicted octanol–water partition coefficient (Wildman–Crippen LogP) is -0.282. The molecule has 90 valence electrons. The van der Waals surface area contributed by atoms with Gasteiger partial charge in [-0.2, -0.15) is 0 Å². The first-order chi connectivity index (χ1) is 7.53. The molecule has 1 aromatic rings. The Kier molecular flexibility index (Phi) is 2.87. The molecule has 0 aliphatic carbocycles. The van der Waals surface area contributed by atoms with Crippen molar-refractivity contribution in [1.82, 2.24) is 14.0 Å². The Morgan fingerprint density at radius 2 is 2.25 bits per heavy atom. The van der Waals surface area contributed by atoms with Crippen molar-refractivity contribution in [3.8, 4) is 0 Å². The molecule has 8 heteroatoms. The zero-order valence-corrected chi connectivity index (χ0v) is 9.77. The number of nitrogens with zero attached hydrogens (tertiary/aromatic N) is 3. The lowest BCUT2D eigenvalue weighted by Gasteiger charge is -2.25. The fraction of sp³-hybridized carbons (Fsp3) is 0.625. The van der Waals surface area contributed by atoms with Crippen LogP contribution in [0.25, 0.3) is 0 Å². The summed E-state index contributed by atoms with van der Waals surface area (Å²) >= 11 is 0. The van der Waals surface area contributed by atoms with Gasteiger partial charge in [-0.25, -0.2) is 13.4 Å². The third-order valence-electron chi connectivity index (χ3n) is 2.39. The quantitative estimate of drug-likeness (QED) is 0.775. The second-order valence-corrected chi connectivity index (χ2v) is 5.36. The molecule has 0 aromatic carbocycles. The number of nitrogen functional groups attached to an aromatic ring is 1. The fourth-order valence-corrected chi connectivity index (χ4v) is 3.11. The van der Waals surface area contributed by atoms with E-state index in [1.54, 1.807) is 7.05 Å². The van der Waals surface area contributed by atoms with Gasteiger partial charge in [-0.1, -0.05) is 4.47 Å². The smallest absolute Gasteiger partial charge is 0.284 e. The first-order valence-electron chi connectivity index (χ1n) is 4.96. The normalized spacial score (nSPS) is 18.8. The number of anilines is 1. The summed E-state index contributed by atoms with van der Waals surface area (Å²) in [4.78, 5) is 8.88. The van der Waals surface area contributed by atoms with Crippen LogP contribution in [-0.4, -0.2) is 35.6 Å². The molecule has 2 rings (SSSR count). The third-order valence-corrected chi connectivity index (χ3v) is 4.20. The highest BCUT2D eigenvalue weighted by Crippen LogP contribution is 2.22. The lowest BCUT2D eigenvalue weighted by molar-refractivity contribution is -0.109. The number of hydrogen-bond acceptors (Lipinski definition) is 5. The van der Waals surface area contributed by atoms with Gasteiger partial charge in [0.05, 0.1) is 12.9 Å². The van der Waals surface area contributed by atoms with Gasteiger partial charge in [0.15, 0.2) is 10.8 Å². The summed E-state index contributed by atoms with van der Waals surface area (Å²) in [5.41, 5.74) is 5.54. The molecule has 0 atom stereocenters. The number of nitrogens with two attached hydrogens (primary N) is 1. The summed E-state index contributed by atoms with van der Waals surface area (Å²) < 4.78 is 26.7. The Balaban J connectivity index is 2.38. The summed E-state index contributed by atoms with van der Waals surface area (Å²) in [6.07, 6.45) is 3.02. The van der Waals surface area contributed by atoms with Gasteiger partial charge in [0.2, 0.25) is 0 Å². The average Bonchev–Trinajstić information content (AvgIpc) is 2.60. The molecular weight excluding hydrogens is 232 g/mol. The summed E-state index contributed by atoms with van der Waals surface area (Å²) in [7, 11) is -2.11. The Bertz CT molecular complexity index is 456. The van der Waals surface area contributed by atoms with Crippen molar-refractivity contribution in [1.29, 1.82) is 0 Å². The van der Waals surface area contributed by atoms with Crippen molar-refractivity contribution in [3.63, 3.8) is 0 Å². The third kappa shape index (κ3) is 1.79. The van der Waals surface area contributed by atoms with Crippen LogP contribution in [0.2, 0.25) is 0 Å². The van der Waals surface area contributed by atoms with Crippen molar-refractivity contribution in [2.45, 2.75) is 17.9 Å². The molecule has 7 nitrogen and oxygen atoms in total. The van der Waals surface area contributed by atoms with Crippen LogP contribution in [0.4, 0.5) is 5.82 Å². The molecule has 1 saturated heterocycles. The van der Waals surface area contributed by atoms with E-state index in [1.165, 1.54) is 10.9 Å². The van der Waals surface area contributed by atoms with Crippen LogP contribution in [0.3, 0.4) is 0 Å². The molecule has 2 N–H and O–H groups in total. The van der Waals surface area contributed by atoms with Gasteiger partial charge in [0, 0.05) is 13.6 Å². The van der Waals surface area contributed by atoms with Gasteiger partial charge in [0.25, 0.3) is 10.0 Å². The number of hydroxylamine groups is 1. The molecule has 0 unspecified atom stereocenters. The van der Waals surface area contributed by atoms with Gasteiger partial charge >= 0.3 is 0 Å². The molecule has 2 heterocycles. The Morgan fingerprint density at radius 3 is 2.75 bits per heavy atom. The van der Waals surface area contributed by atoms with Crippen LogP contribution in [0.1, 0.15) is 12.8 Å². The second kappa shape index (κ2) is 4.04. The number of aryl methyl sites for hydroxylation is 1. The largest absolute Gasteiger partial charge is 0.381 e. The monoisotopic (exact) mass is 246 g/mol. The van der Waals surface area contributed by atoms with E-state index >= 15 is 0 Å². The molecule has 1 aliphatic heterocycles. The Hall–Kier alpha value is -1.12. The van der Waals surface area contributed by atoms with Crippen LogP contribution in [0, 0.1) is 0 Å². The molecule has 16 heavy (non-hydrogen) atoms. The van der Waals surface area contributed by atoms with Crippen molar-refractivity contribution < 1.29 is 13.3 Å². The SMILES string of the molecule is Cn1cnc(N)c1S(=O)(=O)N1CCCCO1. The molecule has 0 spiro atoms. The van der Waals surface area contributed by atoms with Crippen LogP contribution < -0.4 is 5.73 Å². The molecule has 0 bridgehead atoms. The second-order valence-electron chi connectivity index (χ2n) is 3.62. The minimum atomic E-state index is -3.69. The van der Waals surface area contributed by atoms with E-state index in [2.05, 4.69) is 4.98 Å². The summed E-state index contributed by atoms with van der Waals surface area (Å²) in [5.74, 6) is -0.00308. The maximum atomic E-state index is 12.2. The zero-order valence-electron chi connectivity index (χ0n) is 8.96. The Morgan fingerprint density at radius 1 is 1.50 bits per heavy atom. The summed E-state index contributed by atoms with van der Waals surface area (Å²) in [5, 5.41) is -0.0191. The van der Waals surface area contributed by atoms with Gasteiger partial charge in [-0.3, -0.25) is 4.84 Å². The van der Waals surface area contributed by atoms with Crippen LogP contribution in [0.5, 0.6) is 0 Å². The van der Waals surface area contributed by atoms with Gasteiger partial charge in [0.1, 0.15) is 0 Å². The van der Waals surface area contributed by atoms with E-state index in [9.17, 15) is 8.42 Å². The van der Waals surface area contributed by atoms with E-state index in [0.29, 0.717) is 13.2 Å². The highest BCUT2D eigenvalue weighted by Gasteiger charge is 2.32. The standard InChI is InChI=1S/C8H14N4O3S/c1-11-6-10-7(9)8(11)16(13,14)12-4-2-3-5-15-12/h6H,2-5,9H2,1H3. The topological polar surface area (TPSA) is 90.5 Å². The first kappa shape index (κ1) is 11.4. The highest BCUT2D eigenvalue weighted by molar-refractivity contribution is 7.89. The van der Waals surface area contributed by atoms with Crippen molar-refractivity contribution >= 4 is 15.8 Å². The van der Waals surface area contributed by atoms with Crippen molar-refractivity contribution in [2.24, 2.45) is 7.05 Å². The lowest BCUT2D eigenvalue weighted by atomic mass is 10.3. The van der Waals surface area contributed by atoms with E-state index in [-0.39, 0.29) is 10.8 Å². The maximum Gasteiger partial charge on any atom is 0.284 e. The first-order valence-corrected chi connectivity index (χ1v) is 6.40. The predicted molar refractivity (Wildman–Crippen MR) is 56.7 cm³/mol. The molecule has 1 fully saturated rings. The fourth-order valence-electron chi connectivity index (χ4n) is 1.61. The number of hydrogen-bond donors (Lipinski definition) is 1.